The zero-order chi connectivity index (χ0) is 21.3. The molecule has 1 aliphatic rings. The van der Waals surface area contributed by atoms with Gasteiger partial charge in [0.15, 0.2) is 5.82 Å². The Morgan fingerprint density at radius 1 is 1.30 bits per heavy atom. The van der Waals surface area contributed by atoms with Gasteiger partial charge < -0.3 is 20.7 Å². The van der Waals surface area contributed by atoms with Crippen LogP contribution in [0.2, 0.25) is 0 Å². The molecule has 3 N–H and O–H groups in total. The third-order valence-corrected chi connectivity index (χ3v) is 5.02. The number of amides is 1. The number of nitrogen functional groups attached to an aromatic ring is 1. The van der Waals surface area contributed by atoms with Crippen molar-refractivity contribution in [2.24, 2.45) is 0 Å². The largest absolute Gasteiger partial charge is 0.444 e. The van der Waals surface area contributed by atoms with Crippen molar-refractivity contribution in [3.8, 4) is 11.3 Å². The van der Waals surface area contributed by atoms with Crippen molar-refractivity contribution in [3.05, 3.63) is 36.9 Å². The number of pyridine rings is 1. The number of nitrogens with one attached hydrogen (secondary N) is 1. The van der Waals surface area contributed by atoms with E-state index >= 15 is 0 Å². The van der Waals surface area contributed by atoms with Gasteiger partial charge in [-0.3, -0.25) is 4.98 Å². The zero-order valence-corrected chi connectivity index (χ0v) is 17.5. The number of hydrogen-bond donors (Lipinski definition) is 2. The lowest BCUT2D eigenvalue weighted by Crippen LogP contribution is -2.49. The van der Waals surface area contributed by atoms with Gasteiger partial charge in [-0.1, -0.05) is 0 Å². The van der Waals surface area contributed by atoms with Crippen LogP contribution in [0.5, 0.6) is 0 Å². The summed E-state index contributed by atoms with van der Waals surface area (Å²) >= 11 is 0. The Bertz CT molecular complexity index is 1040. The first kappa shape index (κ1) is 19.9. The summed E-state index contributed by atoms with van der Waals surface area (Å²) in [5.74, 6) is 0.419. The highest BCUT2D eigenvalue weighted by molar-refractivity contribution is 5.88. The Balaban J connectivity index is 1.64. The number of nitrogens with zero attached hydrogens (tertiary/aromatic N) is 5. The van der Waals surface area contributed by atoms with Gasteiger partial charge in [-0.25, -0.2) is 14.3 Å². The van der Waals surface area contributed by atoms with Crippen molar-refractivity contribution in [1.82, 2.24) is 24.9 Å². The van der Waals surface area contributed by atoms with Crippen molar-refractivity contribution in [1.29, 1.82) is 0 Å². The molecule has 158 valence electrons. The van der Waals surface area contributed by atoms with Crippen LogP contribution >= 0.6 is 0 Å². The molecule has 0 saturated carbocycles. The normalized spacial score (nSPS) is 17.2. The van der Waals surface area contributed by atoms with Crippen LogP contribution in [0, 0.1) is 0 Å². The number of nitrogens with two attached hydrogens (primary N) is 1. The molecule has 0 aromatic carbocycles. The molecule has 3 aromatic heterocycles. The van der Waals surface area contributed by atoms with Crippen molar-refractivity contribution >= 4 is 23.1 Å². The Morgan fingerprint density at radius 2 is 2.07 bits per heavy atom. The monoisotopic (exact) mass is 409 g/mol. The maximum atomic E-state index is 12.2. The summed E-state index contributed by atoms with van der Waals surface area (Å²) in [7, 11) is 0. The van der Waals surface area contributed by atoms with Gasteiger partial charge in [0, 0.05) is 37.1 Å². The van der Waals surface area contributed by atoms with Crippen LogP contribution in [-0.2, 0) is 4.74 Å². The van der Waals surface area contributed by atoms with Gasteiger partial charge in [-0.2, -0.15) is 5.10 Å². The fraction of sp³-hybridized carbons (Fsp3) is 0.429. The Morgan fingerprint density at radius 3 is 2.80 bits per heavy atom. The molecule has 1 fully saturated rings. The number of aromatic nitrogens is 4. The van der Waals surface area contributed by atoms with Crippen LogP contribution in [0.1, 0.15) is 33.6 Å². The molecular formula is C21H27N7O2. The number of anilines is 2. The second-order valence-electron chi connectivity index (χ2n) is 8.49. The minimum atomic E-state index is -0.526. The third kappa shape index (κ3) is 4.14. The van der Waals surface area contributed by atoms with Crippen molar-refractivity contribution < 1.29 is 9.53 Å². The number of ether oxygens (including phenoxy) is 1. The highest BCUT2D eigenvalue weighted by atomic mass is 16.6. The van der Waals surface area contributed by atoms with E-state index in [2.05, 4.69) is 31.3 Å². The molecule has 4 heterocycles. The number of alkyl carbamates (subject to hydrolysis) is 1. The molecule has 0 bridgehead atoms. The van der Waals surface area contributed by atoms with Crippen molar-refractivity contribution in [3.63, 3.8) is 0 Å². The zero-order valence-electron chi connectivity index (χ0n) is 17.5. The molecule has 1 saturated heterocycles. The molecule has 0 radical (unpaired) electrons. The molecule has 3 aromatic rings. The average Bonchev–Trinajstić information content (AvgIpc) is 3.08. The number of carbonyl (C=O) groups is 1. The van der Waals surface area contributed by atoms with Crippen molar-refractivity contribution in [2.75, 3.05) is 23.7 Å². The fourth-order valence-corrected chi connectivity index (χ4v) is 3.81. The first-order valence-electron chi connectivity index (χ1n) is 10.1. The predicted octanol–water partition coefficient (Wildman–Crippen LogP) is 2.87. The maximum Gasteiger partial charge on any atom is 0.407 e. The molecule has 1 aliphatic heterocycles. The van der Waals surface area contributed by atoms with Crippen LogP contribution in [0.25, 0.3) is 16.8 Å². The fourth-order valence-electron chi connectivity index (χ4n) is 3.81. The first-order valence-corrected chi connectivity index (χ1v) is 10.1. The van der Waals surface area contributed by atoms with E-state index in [4.69, 9.17) is 10.5 Å². The van der Waals surface area contributed by atoms with Crippen LogP contribution in [-0.4, -0.2) is 50.4 Å². The van der Waals surface area contributed by atoms with E-state index in [0.29, 0.717) is 12.4 Å². The molecule has 9 nitrogen and oxygen atoms in total. The van der Waals surface area contributed by atoms with Gasteiger partial charge in [0.1, 0.15) is 17.4 Å². The number of carbonyl (C=O) groups excluding carboxylic acids is 1. The third-order valence-electron chi connectivity index (χ3n) is 5.02. The lowest BCUT2D eigenvalue weighted by atomic mass is 10.1. The first-order chi connectivity index (χ1) is 14.3. The van der Waals surface area contributed by atoms with Gasteiger partial charge in [0.2, 0.25) is 0 Å². The summed E-state index contributed by atoms with van der Waals surface area (Å²) < 4.78 is 7.23. The van der Waals surface area contributed by atoms with E-state index in [0.717, 1.165) is 41.8 Å². The molecule has 0 aliphatic carbocycles. The van der Waals surface area contributed by atoms with Crippen LogP contribution in [0.4, 0.5) is 16.3 Å². The van der Waals surface area contributed by atoms with Gasteiger partial charge in [-0.15, -0.1) is 0 Å². The van der Waals surface area contributed by atoms with Crippen molar-refractivity contribution in [2.45, 2.75) is 45.3 Å². The van der Waals surface area contributed by atoms with Crippen LogP contribution in [0.3, 0.4) is 0 Å². The highest BCUT2D eigenvalue weighted by Crippen LogP contribution is 2.34. The van der Waals surface area contributed by atoms with E-state index in [9.17, 15) is 4.79 Å². The quantitative estimate of drug-likeness (QED) is 0.684. The number of rotatable bonds is 3. The van der Waals surface area contributed by atoms with Gasteiger partial charge >= 0.3 is 6.09 Å². The molecule has 0 spiro atoms. The number of piperidine rings is 1. The molecular weight excluding hydrogens is 382 g/mol. The van der Waals surface area contributed by atoms with E-state index in [-0.39, 0.29) is 6.04 Å². The summed E-state index contributed by atoms with van der Waals surface area (Å²) in [6, 6.07) is 5.93. The smallest absolute Gasteiger partial charge is 0.407 e. The van der Waals surface area contributed by atoms with E-state index in [1.807, 2.05) is 37.4 Å². The predicted molar refractivity (Wildman–Crippen MR) is 115 cm³/mol. The summed E-state index contributed by atoms with van der Waals surface area (Å²) in [6.07, 6.45) is 6.40. The highest BCUT2D eigenvalue weighted by Gasteiger charge is 2.27. The maximum absolute atomic E-state index is 12.2. The van der Waals surface area contributed by atoms with Gasteiger partial charge in [0.25, 0.3) is 0 Å². The van der Waals surface area contributed by atoms with E-state index < -0.39 is 11.7 Å². The topological polar surface area (TPSA) is 111 Å². The van der Waals surface area contributed by atoms with Crippen LogP contribution in [0.15, 0.2) is 36.9 Å². The second-order valence-corrected chi connectivity index (χ2v) is 8.49. The van der Waals surface area contributed by atoms with E-state index in [1.54, 1.807) is 12.4 Å². The molecule has 9 heteroatoms. The number of fused-ring (bicyclic) bond motifs is 1. The molecule has 0 unspecified atom stereocenters. The minimum Gasteiger partial charge on any atom is -0.444 e. The summed E-state index contributed by atoms with van der Waals surface area (Å²) in [5, 5.41) is 7.43. The van der Waals surface area contributed by atoms with Gasteiger partial charge in [0.05, 0.1) is 11.4 Å². The summed E-state index contributed by atoms with van der Waals surface area (Å²) in [5.41, 5.74) is 9.34. The van der Waals surface area contributed by atoms with E-state index in [1.165, 1.54) is 6.33 Å². The summed E-state index contributed by atoms with van der Waals surface area (Å²) in [6.45, 7) is 7.09. The molecule has 1 atom stereocenters. The van der Waals surface area contributed by atoms with Crippen LogP contribution < -0.4 is 16.0 Å². The second kappa shape index (κ2) is 7.81. The number of hydrogen-bond acceptors (Lipinski definition) is 7. The lowest BCUT2D eigenvalue weighted by Gasteiger charge is -2.34. The summed E-state index contributed by atoms with van der Waals surface area (Å²) in [4.78, 5) is 22.7. The SMILES string of the molecule is CC(C)(C)OC(=O)N[C@@H]1CCCN(c2cc(-c3ccncc3)n3ncnc(N)c23)C1. The average molecular weight is 409 g/mol. The minimum absolute atomic E-state index is 0.0150. The Hall–Kier alpha value is -3.36. The molecule has 30 heavy (non-hydrogen) atoms. The Labute approximate surface area is 175 Å². The van der Waals surface area contributed by atoms with Gasteiger partial charge in [-0.05, 0) is 51.8 Å². The lowest BCUT2D eigenvalue weighted by molar-refractivity contribution is 0.0500. The molecule has 4 rings (SSSR count). The standard InChI is InChI=1S/C21H27N7O2/c1-21(2,3)30-20(29)26-15-5-4-10-27(12-15)17-11-16(14-6-8-23-9-7-14)28-18(17)19(22)24-13-25-28/h6-9,11,13,15H,4-5,10,12H2,1-3H3,(H,26,29)(H2,22,24,25)/t15-/m1/s1. The Kier molecular flexibility index (Phi) is 5.19. The molecule has 1 amide bonds.